The van der Waals surface area contributed by atoms with Gasteiger partial charge in [0.25, 0.3) is 0 Å². The molecule has 1 fully saturated rings. The molecule has 7 rings (SSSR count). The smallest absolute Gasteiger partial charge is 0.329 e. The summed E-state index contributed by atoms with van der Waals surface area (Å²) in [6, 6.07) is 19.9. The van der Waals surface area contributed by atoms with Gasteiger partial charge in [-0.25, -0.2) is 4.79 Å². The lowest BCUT2D eigenvalue weighted by molar-refractivity contribution is -0.135. The number of anilines is 1. The maximum absolute atomic E-state index is 13.2. The monoisotopic (exact) mass is 924 g/mol. The van der Waals surface area contributed by atoms with E-state index in [0.29, 0.717) is 90.8 Å². The lowest BCUT2D eigenvalue weighted by atomic mass is 10.0. The van der Waals surface area contributed by atoms with Gasteiger partial charge in [0.05, 0.1) is 75.1 Å². The maximum Gasteiger partial charge on any atom is 0.329 e. The molecule has 1 aromatic heterocycles. The normalized spacial score (nSPS) is 18.0. The van der Waals surface area contributed by atoms with E-state index in [4.69, 9.17) is 29.4 Å². The van der Waals surface area contributed by atoms with Crippen molar-refractivity contribution in [2.75, 3.05) is 64.3 Å². The van der Waals surface area contributed by atoms with Crippen molar-refractivity contribution in [3.63, 3.8) is 0 Å². The average Bonchev–Trinajstić information content (AvgIpc) is 3.74. The van der Waals surface area contributed by atoms with E-state index < -0.39 is 11.9 Å². The molecule has 4 aromatic rings. The number of benzene rings is 3. The summed E-state index contributed by atoms with van der Waals surface area (Å²) in [5, 5.41) is 5.99. The molecule has 0 aliphatic carbocycles. The third kappa shape index (κ3) is 13.5. The number of hydrogen-bond acceptors (Lipinski definition) is 11. The predicted molar refractivity (Wildman–Crippen MR) is 254 cm³/mol. The fourth-order valence-electron chi connectivity index (χ4n) is 9.44. The number of hydrogen-bond donors (Lipinski definition) is 3. The van der Waals surface area contributed by atoms with Gasteiger partial charge in [0.2, 0.25) is 23.6 Å². The van der Waals surface area contributed by atoms with Crippen molar-refractivity contribution in [2.45, 2.75) is 115 Å². The lowest BCUT2D eigenvalue weighted by Crippen LogP contribution is -2.49. The molecule has 362 valence electrons. The van der Waals surface area contributed by atoms with E-state index in [2.05, 4.69) is 53.1 Å². The zero-order chi connectivity index (χ0) is 47.1. The summed E-state index contributed by atoms with van der Waals surface area (Å²) in [6.07, 6.45) is 7.71. The molecular formula is C51H68N6O10. The Balaban J connectivity index is 0.694. The number of carbonyl (C=O) groups excluding carboxylic acids is 4. The van der Waals surface area contributed by atoms with Crippen molar-refractivity contribution < 1.29 is 42.9 Å². The number of nitrogens with one attached hydrogen (secondary N) is 2. The number of para-hydroxylation sites is 1. The van der Waals surface area contributed by atoms with E-state index in [1.807, 2.05) is 30.0 Å². The highest BCUT2D eigenvalue weighted by Crippen LogP contribution is 2.38. The van der Waals surface area contributed by atoms with Crippen LogP contribution in [-0.4, -0.2) is 110 Å². The summed E-state index contributed by atoms with van der Waals surface area (Å²) >= 11 is 0. The Morgan fingerprint density at radius 1 is 0.791 bits per heavy atom. The molecule has 4 heterocycles. The number of aromatic nitrogens is 2. The van der Waals surface area contributed by atoms with Gasteiger partial charge in [-0.1, -0.05) is 48.5 Å². The van der Waals surface area contributed by atoms with Crippen LogP contribution in [0, 0.1) is 0 Å². The van der Waals surface area contributed by atoms with Crippen LogP contribution in [0.1, 0.15) is 92.1 Å². The second-order valence-electron chi connectivity index (χ2n) is 17.9. The highest BCUT2D eigenvalue weighted by atomic mass is 16.6. The molecule has 0 radical (unpaired) electrons. The summed E-state index contributed by atoms with van der Waals surface area (Å²) < 4.78 is 32.2. The number of fused-ring (bicyclic) bond motifs is 1. The largest absolute Gasteiger partial charge is 0.379 e. The van der Waals surface area contributed by atoms with Crippen molar-refractivity contribution in [3.05, 3.63) is 99.0 Å². The van der Waals surface area contributed by atoms with Crippen molar-refractivity contribution in [1.29, 1.82) is 0 Å². The number of imide groups is 1. The highest BCUT2D eigenvalue weighted by Gasteiger charge is 2.37. The van der Waals surface area contributed by atoms with Gasteiger partial charge < -0.3 is 39.6 Å². The molecule has 4 N–H and O–H groups in total. The molecule has 3 aromatic carbocycles. The van der Waals surface area contributed by atoms with Crippen LogP contribution in [-0.2, 0) is 82.2 Å². The molecule has 4 amide bonds. The molecule has 67 heavy (non-hydrogen) atoms. The minimum absolute atomic E-state index is 0.0276. The molecule has 16 heteroatoms. The van der Waals surface area contributed by atoms with Crippen molar-refractivity contribution in [3.8, 4) is 0 Å². The van der Waals surface area contributed by atoms with E-state index in [-0.39, 0.29) is 54.4 Å². The highest BCUT2D eigenvalue weighted by molar-refractivity contribution is 6.00. The minimum Gasteiger partial charge on any atom is -0.379 e. The molecule has 3 aliphatic heterocycles. The lowest BCUT2D eigenvalue weighted by Gasteiger charge is -2.30. The summed E-state index contributed by atoms with van der Waals surface area (Å²) in [5.74, 6) is -0.901. The topological polar surface area (TPSA) is 195 Å². The Kier molecular flexibility index (Phi) is 18.3. The molecule has 1 saturated heterocycles. The van der Waals surface area contributed by atoms with Crippen LogP contribution in [0.2, 0.25) is 0 Å². The molecule has 3 aliphatic rings. The third-order valence-electron chi connectivity index (χ3n) is 13.1. The predicted octanol–water partition coefficient (Wildman–Crippen LogP) is 4.37. The second-order valence-corrected chi connectivity index (χ2v) is 17.9. The van der Waals surface area contributed by atoms with Crippen molar-refractivity contribution >= 4 is 40.3 Å². The van der Waals surface area contributed by atoms with E-state index in [1.54, 1.807) is 11.6 Å². The van der Waals surface area contributed by atoms with E-state index in [1.165, 1.54) is 21.3 Å². The number of ether oxygens (including phenoxy) is 5. The first-order valence-electron chi connectivity index (χ1n) is 24.1. The number of aryl methyl sites for hydroxylation is 4. The average molecular weight is 925 g/mol. The van der Waals surface area contributed by atoms with Crippen LogP contribution in [0.15, 0.2) is 65.5 Å². The van der Waals surface area contributed by atoms with Gasteiger partial charge in [-0.15, -0.1) is 0 Å². The van der Waals surface area contributed by atoms with Gasteiger partial charge in [0.1, 0.15) is 6.04 Å². The quantitative estimate of drug-likeness (QED) is 0.0541. The molecule has 0 saturated carbocycles. The SMILES string of the molecule is C[C@@H](OCc1ccc(CCCOCCOCCOCCOCCCc2ccc3c(c2)n(C)c(=O)n3C2CCC(=O)NC2=O)cc1)[C@H](CCC(N)=O)NC[C@@H]1Cc2cccc3c2N1C(=O)CCC3. The minimum atomic E-state index is -0.695. The van der Waals surface area contributed by atoms with Gasteiger partial charge in [0.15, 0.2) is 0 Å². The molecular weight excluding hydrogens is 857 g/mol. The second kappa shape index (κ2) is 24.7. The van der Waals surface area contributed by atoms with Crippen LogP contribution >= 0.6 is 0 Å². The Morgan fingerprint density at radius 2 is 1.43 bits per heavy atom. The first-order valence-corrected chi connectivity index (χ1v) is 24.1. The Labute approximate surface area is 392 Å². The van der Waals surface area contributed by atoms with Crippen LogP contribution in [0.3, 0.4) is 0 Å². The summed E-state index contributed by atoms with van der Waals surface area (Å²) in [6.45, 7) is 7.26. The fraction of sp³-hybridized carbons (Fsp3) is 0.549. The van der Waals surface area contributed by atoms with Crippen LogP contribution in [0.5, 0.6) is 0 Å². The van der Waals surface area contributed by atoms with Gasteiger partial charge >= 0.3 is 5.69 Å². The van der Waals surface area contributed by atoms with E-state index >= 15 is 0 Å². The standard InChI is InChI=1S/C51H68N6O10/c1-35(42(18-21-46(52)58)53-33-41-32-40-11-3-9-39-10-4-12-48(60)56(41)49(39)40)67-34-38-15-13-36(14-16-38)7-5-23-63-25-27-65-29-30-66-28-26-64-24-6-8-37-17-19-43-45(31-37)55(2)51(62)57(43)44-20-22-47(59)54-50(44)61/h3,9,11,13-17,19,31,35,41-42,44,53H,4-8,10,12,18,20-30,32-34H2,1-2H3,(H2,52,58)(H,54,59,61)/t35-,41+,42+,44?/m1/s1. The third-order valence-corrected chi connectivity index (χ3v) is 13.1. The summed E-state index contributed by atoms with van der Waals surface area (Å²) in [7, 11) is 1.70. The number of nitrogens with zero attached hydrogens (tertiary/aromatic N) is 3. The molecule has 4 atom stereocenters. The first kappa shape index (κ1) is 49.7. The van der Waals surface area contributed by atoms with Crippen LogP contribution in [0.4, 0.5) is 5.69 Å². The van der Waals surface area contributed by atoms with Crippen molar-refractivity contribution in [2.24, 2.45) is 12.8 Å². The van der Waals surface area contributed by atoms with Gasteiger partial charge in [0, 0.05) is 52.1 Å². The zero-order valence-electron chi connectivity index (χ0n) is 39.1. The Bertz CT molecular complexity index is 2360. The summed E-state index contributed by atoms with van der Waals surface area (Å²) in [5.41, 5.74) is 13.7. The van der Waals surface area contributed by atoms with E-state index in [0.717, 1.165) is 67.3 Å². The first-order chi connectivity index (χ1) is 32.6. The van der Waals surface area contributed by atoms with Crippen LogP contribution < -0.4 is 27.0 Å². The molecule has 0 bridgehead atoms. The number of rotatable bonds is 28. The Morgan fingerprint density at radius 3 is 2.12 bits per heavy atom. The number of primary amides is 1. The number of imidazole rings is 1. The van der Waals surface area contributed by atoms with Gasteiger partial charge in [-0.2, -0.15) is 0 Å². The Hall–Kier alpha value is -5.23. The molecule has 0 spiro atoms. The van der Waals surface area contributed by atoms with Crippen LogP contribution in [0.25, 0.3) is 11.0 Å². The number of amides is 4. The van der Waals surface area contributed by atoms with Gasteiger partial charge in [-0.3, -0.25) is 33.6 Å². The maximum atomic E-state index is 13.2. The summed E-state index contributed by atoms with van der Waals surface area (Å²) in [4.78, 5) is 64.0. The van der Waals surface area contributed by atoms with Crippen molar-refractivity contribution in [1.82, 2.24) is 19.8 Å². The number of carbonyl (C=O) groups is 4. The zero-order valence-corrected chi connectivity index (χ0v) is 39.1. The number of nitrogens with two attached hydrogens (primary N) is 1. The van der Waals surface area contributed by atoms with Gasteiger partial charge in [-0.05, 0) is 105 Å². The molecule has 16 nitrogen and oxygen atoms in total. The van der Waals surface area contributed by atoms with E-state index in [9.17, 15) is 24.0 Å². The fourth-order valence-corrected chi connectivity index (χ4v) is 9.44. The number of piperidine rings is 1. The molecule has 1 unspecified atom stereocenters.